The van der Waals surface area contributed by atoms with E-state index in [1.54, 1.807) is 0 Å². The van der Waals surface area contributed by atoms with Crippen LogP contribution in [0.3, 0.4) is 0 Å². The van der Waals surface area contributed by atoms with E-state index in [-0.39, 0.29) is 5.97 Å². The number of aryl methyl sites for hydroxylation is 1. The summed E-state index contributed by atoms with van der Waals surface area (Å²) in [4.78, 5) is 12.0. The van der Waals surface area contributed by atoms with E-state index in [0.717, 1.165) is 56.8 Å². The first-order valence-corrected chi connectivity index (χ1v) is 8.26. The fourth-order valence-corrected chi connectivity index (χ4v) is 3.53. The third-order valence-corrected chi connectivity index (χ3v) is 4.68. The van der Waals surface area contributed by atoms with Gasteiger partial charge in [-0.15, -0.1) is 0 Å². The first-order valence-electron chi connectivity index (χ1n) is 8.26. The van der Waals surface area contributed by atoms with Crippen LogP contribution < -0.4 is 5.32 Å². The van der Waals surface area contributed by atoms with Gasteiger partial charge in [0.15, 0.2) is 5.69 Å². The van der Waals surface area contributed by atoms with Gasteiger partial charge in [0.2, 0.25) is 0 Å². The Hall–Kier alpha value is -1.36. The summed E-state index contributed by atoms with van der Waals surface area (Å²) in [5.41, 5.74) is 2.97. The van der Waals surface area contributed by atoms with Crippen molar-refractivity contribution in [1.29, 1.82) is 0 Å². The van der Waals surface area contributed by atoms with E-state index in [2.05, 4.69) is 15.1 Å². The molecule has 5 nitrogen and oxygen atoms in total. The fourth-order valence-electron chi connectivity index (χ4n) is 3.53. The first kappa shape index (κ1) is 14.6. The molecule has 1 saturated heterocycles. The van der Waals surface area contributed by atoms with E-state index >= 15 is 0 Å². The zero-order valence-electron chi connectivity index (χ0n) is 12.9. The minimum atomic E-state index is -0.253. The average molecular weight is 291 g/mol. The van der Waals surface area contributed by atoms with Crippen molar-refractivity contribution in [2.24, 2.45) is 5.92 Å². The summed E-state index contributed by atoms with van der Waals surface area (Å²) >= 11 is 0. The van der Waals surface area contributed by atoms with Crippen molar-refractivity contribution in [2.45, 2.75) is 52.0 Å². The molecule has 0 unspecified atom stereocenters. The van der Waals surface area contributed by atoms with Crippen LogP contribution in [-0.4, -0.2) is 35.4 Å². The van der Waals surface area contributed by atoms with Crippen molar-refractivity contribution < 1.29 is 9.53 Å². The van der Waals surface area contributed by atoms with Crippen LogP contribution in [0.25, 0.3) is 0 Å². The van der Waals surface area contributed by atoms with Crippen molar-refractivity contribution >= 4 is 5.97 Å². The minimum Gasteiger partial charge on any atom is -0.461 e. The van der Waals surface area contributed by atoms with Gasteiger partial charge in [-0.1, -0.05) is 0 Å². The Balaban J connectivity index is 1.70. The zero-order chi connectivity index (χ0) is 14.7. The van der Waals surface area contributed by atoms with Crippen molar-refractivity contribution in [2.75, 3.05) is 19.7 Å². The average Bonchev–Trinajstić information content (AvgIpc) is 3.09. The first-order chi connectivity index (χ1) is 10.3. The highest BCUT2D eigenvalue weighted by molar-refractivity contribution is 5.89. The molecule has 0 spiro atoms. The second kappa shape index (κ2) is 6.60. The highest BCUT2D eigenvalue weighted by Crippen LogP contribution is 2.27. The van der Waals surface area contributed by atoms with E-state index in [4.69, 9.17) is 4.74 Å². The predicted molar refractivity (Wildman–Crippen MR) is 80.4 cm³/mol. The van der Waals surface area contributed by atoms with Gasteiger partial charge in [-0.05, 0) is 64.5 Å². The molecule has 1 fully saturated rings. The molecule has 0 radical (unpaired) electrons. The lowest BCUT2D eigenvalue weighted by atomic mass is 9.95. The summed E-state index contributed by atoms with van der Waals surface area (Å²) < 4.78 is 7.22. The highest BCUT2D eigenvalue weighted by atomic mass is 16.5. The number of esters is 1. The molecule has 0 aromatic carbocycles. The van der Waals surface area contributed by atoms with Gasteiger partial charge in [-0.3, -0.25) is 4.68 Å². The van der Waals surface area contributed by atoms with E-state index in [0.29, 0.717) is 12.3 Å². The maximum Gasteiger partial charge on any atom is 0.359 e. The van der Waals surface area contributed by atoms with Gasteiger partial charge >= 0.3 is 5.97 Å². The molecule has 2 aliphatic rings. The summed E-state index contributed by atoms with van der Waals surface area (Å²) in [6.45, 7) is 5.46. The Kier molecular flexibility index (Phi) is 4.58. The molecular formula is C16H25N3O2. The van der Waals surface area contributed by atoms with Crippen LogP contribution in [0.2, 0.25) is 0 Å². The normalized spacial score (nSPS) is 18.7. The number of fused-ring (bicyclic) bond motifs is 1. The molecule has 1 aliphatic carbocycles. The maximum atomic E-state index is 12.0. The molecular weight excluding hydrogens is 266 g/mol. The van der Waals surface area contributed by atoms with E-state index < -0.39 is 0 Å². The highest BCUT2D eigenvalue weighted by Gasteiger charge is 2.27. The Bertz CT molecular complexity index is 504. The van der Waals surface area contributed by atoms with Crippen LogP contribution in [0, 0.1) is 5.92 Å². The predicted octanol–water partition coefficient (Wildman–Crippen LogP) is 1.94. The number of aromatic nitrogens is 2. The number of ether oxygens (including phenoxy) is 1. The standard InChI is InChI=1S/C16H25N3O2/c1-2-21-16(20)15-13-4-3-5-14(13)19(18-15)11-8-12-6-9-17-10-7-12/h12,17H,2-11H2,1H3. The summed E-state index contributed by atoms with van der Waals surface area (Å²) in [5.74, 6) is 0.537. The number of hydrogen-bond acceptors (Lipinski definition) is 4. The Morgan fingerprint density at radius 1 is 1.38 bits per heavy atom. The van der Waals surface area contributed by atoms with Crippen LogP contribution >= 0.6 is 0 Å². The molecule has 3 rings (SSSR count). The lowest BCUT2D eigenvalue weighted by molar-refractivity contribution is 0.0517. The monoisotopic (exact) mass is 291 g/mol. The maximum absolute atomic E-state index is 12.0. The topological polar surface area (TPSA) is 56.1 Å². The smallest absolute Gasteiger partial charge is 0.359 e. The van der Waals surface area contributed by atoms with Gasteiger partial charge in [0.1, 0.15) is 0 Å². The molecule has 21 heavy (non-hydrogen) atoms. The molecule has 1 N–H and O–H groups in total. The van der Waals surface area contributed by atoms with Crippen LogP contribution in [0.5, 0.6) is 0 Å². The second-order valence-corrected chi connectivity index (χ2v) is 6.05. The molecule has 2 heterocycles. The number of carbonyl (C=O) groups excluding carboxylic acids is 1. The lowest BCUT2D eigenvalue weighted by Gasteiger charge is -2.22. The molecule has 5 heteroatoms. The van der Waals surface area contributed by atoms with E-state index in [1.807, 2.05) is 6.92 Å². The molecule has 0 bridgehead atoms. The second-order valence-electron chi connectivity index (χ2n) is 6.05. The van der Waals surface area contributed by atoms with Crippen LogP contribution in [-0.2, 0) is 24.1 Å². The Labute approximate surface area is 126 Å². The van der Waals surface area contributed by atoms with Crippen molar-refractivity contribution in [3.05, 3.63) is 17.0 Å². The third kappa shape index (κ3) is 3.12. The minimum absolute atomic E-state index is 0.253. The fraction of sp³-hybridized carbons (Fsp3) is 0.750. The van der Waals surface area contributed by atoms with Crippen molar-refractivity contribution in [1.82, 2.24) is 15.1 Å². The van der Waals surface area contributed by atoms with Gasteiger partial charge in [-0.25, -0.2) is 4.79 Å². The number of piperidine rings is 1. The number of nitrogens with one attached hydrogen (secondary N) is 1. The molecule has 1 aromatic heterocycles. The summed E-state index contributed by atoms with van der Waals surface area (Å²) in [5, 5.41) is 7.97. The quantitative estimate of drug-likeness (QED) is 0.842. The summed E-state index contributed by atoms with van der Waals surface area (Å²) in [7, 11) is 0. The lowest BCUT2D eigenvalue weighted by Crippen LogP contribution is -2.28. The van der Waals surface area contributed by atoms with Crippen LogP contribution in [0.1, 0.15) is 54.4 Å². The molecule has 0 saturated carbocycles. The van der Waals surface area contributed by atoms with Crippen molar-refractivity contribution in [3.8, 4) is 0 Å². The van der Waals surface area contributed by atoms with Crippen LogP contribution in [0.4, 0.5) is 0 Å². The SMILES string of the molecule is CCOC(=O)c1nn(CCC2CCNCC2)c2c1CCC2. The summed E-state index contributed by atoms with van der Waals surface area (Å²) in [6, 6.07) is 0. The van der Waals surface area contributed by atoms with Crippen molar-refractivity contribution in [3.63, 3.8) is 0 Å². The van der Waals surface area contributed by atoms with E-state index in [1.165, 1.54) is 18.5 Å². The van der Waals surface area contributed by atoms with E-state index in [9.17, 15) is 4.79 Å². The number of carbonyl (C=O) groups is 1. The summed E-state index contributed by atoms with van der Waals surface area (Å²) in [6.07, 6.45) is 6.83. The van der Waals surface area contributed by atoms with Gasteiger partial charge in [0.05, 0.1) is 6.61 Å². The molecule has 1 aliphatic heterocycles. The van der Waals surface area contributed by atoms with Gasteiger partial charge in [0, 0.05) is 17.8 Å². The Morgan fingerprint density at radius 2 is 2.19 bits per heavy atom. The molecule has 1 aromatic rings. The number of rotatable bonds is 5. The number of nitrogens with zero attached hydrogens (tertiary/aromatic N) is 2. The van der Waals surface area contributed by atoms with Gasteiger partial charge in [-0.2, -0.15) is 5.10 Å². The molecule has 0 atom stereocenters. The van der Waals surface area contributed by atoms with Gasteiger partial charge in [0.25, 0.3) is 0 Å². The third-order valence-electron chi connectivity index (χ3n) is 4.68. The van der Waals surface area contributed by atoms with Gasteiger partial charge < -0.3 is 10.1 Å². The molecule has 0 amide bonds. The van der Waals surface area contributed by atoms with Crippen LogP contribution in [0.15, 0.2) is 0 Å². The Morgan fingerprint density at radius 3 is 2.95 bits per heavy atom. The largest absolute Gasteiger partial charge is 0.461 e. The molecule has 116 valence electrons. The number of hydrogen-bond donors (Lipinski definition) is 1. The zero-order valence-corrected chi connectivity index (χ0v) is 12.9.